The molecule has 0 aliphatic carbocycles. The molecule has 6 heteroatoms. The lowest BCUT2D eigenvalue weighted by molar-refractivity contribution is 0.102. The van der Waals surface area contributed by atoms with Gasteiger partial charge >= 0.3 is 0 Å². The van der Waals surface area contributed by atoms with Crippen LogP contribution in [-0.2, 0) is 0 Å². The van der Waals surface area contributed by atoms with Crippen LogP contribution in [0, 0.1) is 13.8 Å². The minimum absolute atomic E-state index is 0.0429. The van der Waals surface area contributed by atoms with Gasteiger partial charge < -0.3 is 5.32 Å². The van der Waals surface area contributed by atoms with E-state index >= 15 is 0 Å². The average Bonchev–Trinajstić information content (AvgIpc) is 2.83. The number of nitrogens with zero attached hydrogens (tertiary/aromatic N) is 2. The molecule has 5 nitrogen and oxygen atoms in total. The van der Waals surface area contributed by atoms with E-state index in [9.17, 15) is 9.59 Å². The van der Waals surface area contributed by atoms with Crippen LogP contribution in [-0.4, -0.2) is 15.3 Å². The number of carbonyl (C=O) groups is 1. The van der Waals surface area contributed by atoms with E-state index in [-0.39, 0.29) is 11.1 Å². The number of anilines is 1. The van der Waals surface area contributed by atoms with Crippen molar-refractivity contribution in [3.63, 3.8) is 0 Å². The van der Waals surface area contributed by atoms with E-state index < -0.39 is 5.91 Å². The first kappa shape index (κ1) is 16.4. The van der Waals surface area contributed by atoms with Gasteiger partial charge in [0.2, 0.25) is 0 Å². The number of carbonyl (C=O) groups excluding carboxylic acids is 1. The topological polar surface area (TPSA) is 63.5 Å². The number of hydrogen-bond acceptors (Lipinski definition) is 4. The van der Waals surface area contributed by atoms with Crippen molar-refractivity contribution in [2.75, 3.05) is 5.32 Å². The maximum absolute atomic E-state index is 12.6. The maximum atomic E-state index is 12.6. The standard InChI is InChI=1S/C18H19N3O2S/c1-10(2)13-5-7-14(8-6-13)20-16(22)15-9-19-18-21(17(15)23)11(3)12(4)24-18/h5-10H,1-4H3,(H,20,22). The second-order valence-corrected chi connectivity index (χ2v) is 7.25. The summed E-state index contributed by atoms with van der Waals surface area (Å²) in [7, 11) is 0. The van der Waals surface area contributed by atoms with E-state index in [1.54, 1.807) is 0 Å². The van der Waals surface area contributed by atoms with Crippen LogP contribution < -0.4 is 10.9 Å². The highest BCUT2D eigenvalue weighted by atomic mass is 32.1. The molecule has 124 valence electrons. The van der Waals surface area contributed by atoms with Gasteiger partial charge in [-0.25, -0.2) is 4.98 Å². The van der Waals surface area contributed by atoms with Gasteiger partial charge in [-0.2, -0.15) is 0 Å². The highest BCUT2D eigenvalue weighted by molar-refractivity contribution is 7.17. The number of benzene rings is 1. The molecule has 0 radical (unpaired) electrons. The van der Waals surface area contributed by atoms with Crippen molar-refractivity contribution in [1.82, 2.24) is 9.38 Å². The number of thiazole rings is 1. The Labute approximate surface area is 144 Å². The molecule has 3 rings (SSSR count). The van der Waals surface area contributed by atoms with Gasteiger partial charge in [0, 0.05) is 22.5 Å². The van der Waals surface area contributed by atoms with Crippen molar-refractivity contribution in [3.05, 3.63) is 62.5 Å². The molecular weight excluding hydrogens is 322 g/mol. The minimum Gasteiger partial charge on any atom is -0.322 e. The normalized spacial score (nSPS) is 11.2. The summed E-state index contributed by atoms with van der Waals surface area (Å²) in [6.45, 7) is 8.01. The molecule has 0 saturated heterocycles. The number of aryl methyl sites for hydroxylation is 2. The van der Waals surface area contributed by atoms with Gasteiger partial charge in [0.05, 0.1) is 0 Å². The Morgan fingerprint density at radius 2 is 1.88 bits per heavy atom. The van der Waals surface area contributed by atoms with Crippen LogP contribution in [0.25, 0.3) is 4.96 Å². The molecule has 0 fully saturated rings. The Bertz CT molecular complexity index is 968. The number of fused-ring (bicyclic) bond motifs is 1. The van der Waals surface area contributed by atoms with E-state index in [4.69, 9.17) is 0 Å². The van der Waals surface area contributed by atoms with Gasteiger partial charge in [-0.3, -0.25) is 14.0 Å². The average molecular weight is 341 g/mol. The van der Waals surface area contributed by atoms with Gasteiger partial charge in [0.1, 0.15) is 5.56 Å². The third kappa shape index (κ3) is 2.85. The molecule has 0 unspecified atom stereocenters. The Balaban J connectivity index is 1.93. The molecule has 24 heavy (non-hydrogen) atoms. The van der Waals surface area contributed by atoms with Crippen LogP contribution in [0.4, 0.5) is 5.69 Å². The van der Waals surface area contributed by atoms with Crippen molar-refractivity contribution in [2.24, 2.45) is 0 Å². The van der Waals surface area contributed by atoms with E-state index in [1.807, 2.05) is 38.1 Å². The quantitative estimate of drug-likeness (QED) is 0.789. The van der Waals surface area contributed by atoms with Gasteiger partial charge in [-0.15, -0.1) is 11.3 Å². The fourth-order valence-electron chi connectivity index (χ4n) is 2.48. The van der Waals surface area contributed by atoms with Crippen LogP contribution in [0.2, 0.25) is 0 Å². The van der Waals surface area contributed by atoms with Crippen molar-refractivity contribution in [1.29, 1.82) is 0 Å². The molecule has 1 aromatic carbocycles. The Kier molecular flexibility index (Phi) is 4.24. The zero-order chi connectivity index (χ0) is 17.4. The number of rotatable bonds is 3. The maximum Gasteiger partial charge on any atom is 0.271 e. The van der Waals surface area contributed by atoms with Crippen LogP contribution in [0.3, 0.4) is 0 Å². The Morgan fingerprint density at radius 1 is 1.21 bits per heavy atom. The molecule has 0 aliphatic rings. The molecule has 2 aromatic heterocycles. The minimum atomic E-state index is -0.442. The molecule has 3 aromatic rings. The van der Waals surface area contributed by atoms with Crippen LogP contribution in [0.15, 0.2) is 35.3 Å². The van der Waals surface area contributed by atoms with Gasteiger partial charge in [-0.05, 0) is 37.5 Å². The lowest BCUT2D eigenvalue weighted by Crippen LogP contribution is -2.26. The summed E-state index contributed by atoms with van der Waals surface area (Å²) >= 11 is 1.44. The molecular formula is C18H19N3O2S. The first-order chi connectivity index (χ1) is 11.4. The predicted molar refractivity (Wildman–Crippen MR) is 97.3 cm³/mol. The summed E-state index contributed by atoms with van der Waals surface area (Å²) in [6, 6.07) is 7.63. The molecule has 1 amide bonds. The summed E-state index contributed by atoms with van der Waals surface area (Å²) in [6.07, 6.45) is 1.35. The van der Waals surface area contributed by atoms with Crippen molar-refractivity contribution in [3.8, 4) is 0 Å². The van der Waals surface area contributed by atoms with Gasteiger partial charge in [0.25, 0.3) is 11.5 Å². The molecule has 0 bridgehead atoms. The lowest BCUT2D eigenvalue weighted by Gasteiger charge is -2.08. The fraction of sp³-hybridized carbons (Fsp3) is 0.278. The molecule has 0 atom stereocenters. The van der Waals surface area contributed by atoms with E-state index in [1.165, 1.54) is 27.5 Å². The third-order valence-corrected chi connectivity index (χ3v) is 5.17. The number of aromatic nitrogens is 2. The first-order valence-corrected chi connectivity index (χ1v) is 8.59. The predicted octanol–water partition coefficient (Wildman–Crippen LogP) is 3.75. The molecule has 1 N–H and O–H groups in total. The largest absolute Gasteiger partial charge is 0.322 e. The van der Waals surface area contributed by atoms with Crippen LogP contribution >= 0.6 is 11.3 Å². The SMILES string of the molecule is Cc1sc2ncc(C(=O)Nc3ccc(C(C)C)cc3)c(=O)n2c1C. The van der Waals surface area contributed by atoms with Crippen molar-refractivity contribution in [2.45, 2.75) is 33.6 Å². The summed E-state index contributed by atoms with van der Waals surface area (Å²) in [5, 5.41) is 2.77. The number of amides is 1. The monoisotopic (exact) mass is 341 g/mol. The highest BCUT2D eigenvalue weighted by Gasteiger charge is 2.16. The van der Waals surface area contributed by atoms with Crippen LogP contribution in [0.5, 0.6) is 0 Å². The zero-order valence-electron chi connectivity index (χ0n) is 14.1. The van der Waals surface area contributed by atoms with Gasteiger partial charge in [-0.1, -0.05) is 26.0 Å². The van der Waals surface area contributed by atoms with E-state index in [2.05, 4.69) is 24.1 Å². The molecule has 0 aliphatic heterocycles. The second-order valence-electron chi connectivity index (χ2n) is 6.07. The van der Waals surface area contributed by atoms with E-state index in [0.29, 0.717) is 16.6 Å². The summed E-state index contributed by atoms with van der Waals surface area (Å²) in [4.78, 5) is 30.9. The summed E-state index contributed by atoms with van der Waals surface area (Å²) in [5.41, 5.74) is 2.38. The number of hydrogen-bond donors (Lipinski definition) is 1. The van der Waals surface area contributed by atoms with Crippen LogP contribution in [0.1, 0.15) is 46.3 Å². The molecule has 0 spiro atoms. The second kappa shape index (κ2) is 6.20. The third-order valence-electron chi connectivity index (χ3n) is 4.10. The highest BCUT2D eigenvalue weighted by Crippen LogP contribution is 2.19. The summed E-state index contributed by atoms with van der Waals surface area (Å²) < 4.78 is 1.50. The summed E-state index contributed by atoms with van der Waals surface area (Å²) in [5.74, 6) is -0.0155. The van der Waals surface area contributed by atoms with Crippen molar-refractivity contribution >= 4 is 27.9 Å². The number of nitrogens with one attached hydrogen (secondary N) is 1. The van der Waals surface area contributed by atoms with Gasteiger partial charge in [0.15, 0.2) is 4.96 Å². The van der Waals surface area contributed by atoms with Crippen molar-refractivity contribution < 1.29 is 4.79 Å². The molecule has 0 saturated carbocycles. The Morgan fingerprint density at radius 3 is 2.50 bits per heavy atom. The zero-order valence-corrected chi connectivity index (χ0v) is 14.9. The Hall–Kier alpha value is -2.47. The lowest BCUT2D eigenvalue weighted by atomic mass is 10.0. The van der Waals surface area contributed by atoms with E-state index in [0.717, 1.165) is 10.6 Å². The fourth-order valence-corrected chi connectivity index (χ4v) is 3.41. The first-order valence-electron chi connectivity index (χ1n) is 7.77. The molecule has 2 heterocycles. The smallest absolute Gasteiger partial charge is 0.271 e.